The lowest BCUT2D eigenvalue weighted by atomic mass is 10.0. The Kier molecular flexibility index (Phi) is 5.31. The number of imidazole rings is 1. The molecule has 0 bridgehead atoms. The molecule has 1 heterocycles. The van der Waals surface area contributed by atoms with Crippen molar-refractivity contribution >= 4 is 22.7 Å². The molecule has 0 aliphatic carbocycles. The summed E-state index contributed by atoms with van der Waals surface area (Å²) >= 11 is 0. The molecular formula is C20H21N3O3. The van der Waals surface area contributed by atoms with Gasteiger partial charge in [0.2, 0.25) is 5.91 Å². The lowest BCUT2D eigenvalue weighted by Gasteiger charge is -2.07. The number of ketones is 1. The SMILES string of the molecule is Cc1ccccc1C(=O)CCC(=O)NCCn1c(=O)[nH]c2ccccc21. The van der Waals surface area contributed by atoms with E-state index in [0.29, 0.717) is 18.7 Å². The molecule has 2 aromatic carbocycles. The van der Waals surface area contributed by atoms with Crippen molar-refractivity contribution in [3.05, 3.63) is 70.1 Å². The maximum Gasteiger partial charge on any atom is 0.326 e. The van der Waals surface area contributed by atoms with Crippen molar-refractivity contribution in [2.24, 2.45) is 0 Å². The van der Waals surface area contributed by atoms with Crippen molar-refractivity contribution in [1.29, 1.82) is 0 Å². The van der Waals surface area contributed by atoms with Gasteiger partial charge < -0.3 is 10.3 Å². The highest BCUT2D eigenvalue weighted by atomic mass is 16.2. The summed E-state index contributed by atoms with van der Waals surface area (Å²) in [5.74, 6) is -0.231. The Labute approximate surface area is 150 Å². The molecule has 0 aliphatic rings. The molecule has 0 fully saturated rings. The van der Waals surface area contributed by atoms with Crippen molar-refractivity contribution < 1.29 is 9.59 Å². The first-order chi connectivity index (χ1) is 12.6. The molecule has 0 atom stereocenters. The summed E-state index contributed by atoms with van der Waals surface area (Å²) in [4.78, 5) is 38.9. The molecule has 1 aromatic heterocycles. The van der Waals surface area contributed by atoms with E-state index in [1.54, 1.807) is 10.6 Å². The van der Waals surface area contributed by atoms with Gasteiger partial charge in [-0.15, -0.1) is 0 Å². The smallest absolute Gasteiger partial charge is 0.326 e. The van der Waals surface area contributed by atoms with Crippen LogP contribution in [0.5, 0.6) is 0 Å². The summed E-state index contributed by atoms with van der Waals surface area (Å²) in [5.41, 5.74) is 2.95. The van der Waals surface area contributed by atoms with Gasteiger partial charge in [-0.2, -0.15) is 0 Å². The van der Waals surface area contributed by atoms with E-state index in [2.05, 4.69) is 10.3 Å². The normalized spacial score (nSPS) is 10.8. The zero-order chi connectivity index (χ0) is 18.5. The van der Waals surface area contributed by atoms with Gasteiger partial charge in [0.25, 0.3) is 0 Å². The standard InChI is InChI=1S/C20H21N3O3/c1-14-6-2-3-7-15(14)18(24)10-11-19(25)21-12-13-23-17-9-5-4-8-16(17)22-20(23)26/h2-9H,10-13H2,1H3,(H,21,25)(H,22,26). The Morgan fingerprint density at radius 1 is 1.04 bits per heavy atom. The number of aryl methyl sites for hydroxylation is 1. The van der Waals surface area contributed by atoms with E-state index in [1.807, 2.05) is 49.4 Å². The number of nitrogens with zero attached hydrogens (tertiary/aromatic N) is 1. The van der Waals surface area contributed by atoms with Gasteiger partial charge in [0.05, 0.1) is 11.0 Å². The number of rotatable bonds is 7. The Morgan fingerprint density at radius 3 is 2.58 bits per heavy atom. The van der Waals surface area contributed by atoms with E-state index < -0.39 is 0 Å². The summed E-state index contributed by atoms with van der Waals surface area (Å²) in [7, 11) is 0. The molecule has 134 valence electrons. The van der Waals surface area contributed by atoms with Gasteiger partial charge in [0.15, 0.2) is 5.78 Å². The van der Waals surface area contributed by atoms with Gasteiger partial charge in [-0.05, 0) is 24.6 Å². The molecule has 0 radical (unpaired) electrons. The summed E-state index contributed by atoms with van der Waals surface area (Å²) < 4.78 is 1.59. The number of carbonyl (C=O) groups excluding carboxylic acids is 2. The highest BCUT2D eigenvalue weighted by Crippen LogP contribution is 2.11. The van der Waals surface area contributed by atoms with E-state index in [9.17, 15) is 14.4 Å². The molecule has 0 spiro atoms. The number of H-pyrrole nitrogens is 1. The van der Waals surface area contributed by atoms with Crippen molar-refractivity contribution in [2.45, 2.75) is 26.3 Å². The van der Waals surface area contributed by atoms with Crippen LogP contribution >= 0.6 is 0 Å². The summed E-state index contributed by atoms with van der Waals surface area (Å²) in [5, 5.41) is 2.77. The number of aromatic amines is 1. The molecule has 3 aromatic rings. The maximum atomic E-state index is 12.2. The van der Waals surface area contributed by atoms with Crippen LogP contribution in [0.15, 0.2) is 53.3 Å². The molecule has 0 saturated heterocycles. The third-order valence-electron chi connectivity index (χ3n) is 4.36. The van der Waals surface area contributed by atoms with Gasteiger partial charge in [-0.1, -0.05) is 36.4 Å². The van der Waals surface area contributed by atoms with Crippen LogP contribution in [0.2, 0.25) is 0 Å². The van der Waals surface area contributed by atoms with E-state index in [1.165, 1.54) is 0 Å². The fourth-order valence-electron chi connectivity index (χ4n) is 2.97. The second-order valence-corrected chi connectivity index (χ2v) is 6.19. The number of benzene rings is 2. The number of aromatic nitrogens is 2. The zero-order valence-electron chi connectivity index (χ0n) is 14.6. The predicted octanol–water partition coefficient (Wildman–Crippen LogP) is 2.42. The fourth-order valence-corrected chi connectivity index (χ4v) is 2.97. The van der Waals surface area contributed by atoms with Crippen LogP contribution in [0.4, 0.5) is 0 Å². The summed E-state index contributed by atoms with van der Waals surface area (Å²) in [6, 6.07) is 14.8. The predicted molar refractivity (Wildman–Crippen MR) is 100 cm³/mol. The van der Waals surface area contributed by atoms with E-state index >= 15 is 0 Å². The monoisotopic (exact) mass is 351 g/mol. The Hall–Kier alpha value is -3.15. The Morgan fingerprint density at radius 2 is 1.77 bits per heavy atom. The maximum absolute atomic E-state index is 12.2. The quantitative estimate of drug-likeness (QED) is 0.641. The molecule has 0 aliphatic heterocycles. The number of amides is 1. The van der Waals surface area contributed by atoms with E-state index in [4.69, 9.17) is 0 Å². The molecular weight excluding hydrogens is 330 g/mol. The van der Waals surface area contributed by atoms with Crippen molar-refractivity contribution in [3.63, 3.8) is 0 Å². The molecule has 0 unspecified atom stereocenters. The van der Waals surface area contributed by atoms with Crippen LogP contribution in [-0.2, 0) is 11.3 Å². The number of carbonyl (C=O) groups is 2. The van der Waals surface area contributed by atoms with Gasteiger partial charge in [-0.25, -0.2) is 4.79 Å². The van der Waals surface area contributed by atoms with Crippen molar-refractivity contribution in [2.75, 3.05) is 6.54 Å². The summed E-state index contributed by atoms with van der Waals surface area (Å²) in [6.45, 7) is 2.59. The first kappa shape index (κ1) is 17.7. The molecule has 1 amide bonds. The van der Waals surface area contributed by atoms with Gasteiger partial charge in [-0.3, -0.25) is 14.2 Å². The summed E-state index contributed by atoms with van der Waals surface area (Å²) in [6.07, 6.45) is 0.305. The van der Waals surface area contributed by atoms with Gasteiger partial charge in [0.1, 0.15) is 0 Å². The number of Topliss-reactive ketones (excluding diaryl/α,β-unsaturated/α-hetero) is 1. The zero-order valence-corrected chi connectivity index (χ0v) is 14.6. The van der Waals surface area contributed by atoms with E-state index in [0.717, 1.165) is 16.6 Å². The van der Waals surface area contributed by atoms with Crippen LogP contribution in [0.25, 0.3) is 11.0 Å². The first-order valence-corrected chi connectivity index (χ1v) is 8.59. The molecule has 3 rings (SSSR count). The van der Waals surface area contributed by atoms with Gasteiger partial charge >= 0.3 is 5.69 Å². The second-order valence-electron chi connectivity index (χ2n) is 6.19. The van der Waals surface area contributed by atoms with Gasteiger partial charge in [0, 0.05) is 31.5 Å². The highest BCUT2D eigenvalue weighted by molar-refractivity contribution is 5.99. The number of fused-ring (bicyclic) bond motifs is 1. The topological polar surface area (TPSA) is 84.0 Å². The minimum absolute atomic E-state index is 0.0360. The lowest BCUT2D eigenvalue weighted by Crippen LogP contribution is -2.30. The molecule has 2 N–H and O–H groups in total. The third kappa shape index (κ3) is 3.91. The highest BCUT2D eigenvalue weighted by Gasteiger charge is 2.11. The average Bonchev–Trinajstić information content (AvgIpc) is 2.95. The Bertz CT molecular complexity index is 1000. The van der Waals surface area contributed by atoms with Crippen LogP contribution < -0.4 is 11.0 Å². The fraction of sp³-hybridized carbons (Fsp3) is 0.250. The number of hydrogen-bond acceptors (Lipinski definition) is 3. The molecule has 6 nitrogen and oxygen atoms in total. The number of para-hydroxylation sites is 2. The minimum atomic E-state index is -0.199. The number of nitrogens with one attached hydrogen (secondary N) is 2. The minimum Gasteiger partial charge on any atom is -0.354 e. The molecule has 6 heteroatoms. The lowest BCUT2D eigenvalue weighted by molar-refractivity contribution is -0.121. The molecule has 0 saturated carbocycles. The third-order valence-corrected chi connectivity index (χ3v) is 4.36. The number of hydrogen-bond donors (Lipinski definition) is 2. The average molecular weight is 351 g/mol. The van der Waals surface area contributed by atoms with Crippen LogP contribution in [0, 0.1) is 6.92 Å². The molecule has 26 heavy (non-hydrogen) atoms. The van der Waals surface area contributed by atoms with Crippen molar-refractivity contribution in [3.8, 4) is 0 Å². The first-order valence-electron chi connectivity index (χ1n) is 8.59. The van der Waals surface area contributed by atoms with Crippen LogP contribution in [0.3, 0.4) is 0 Å². The largest absolute Gasteiger partial charge is 0.354 e. The Balaban J connectivity index is 1.50. The van der Waals surface area contributed by atoms with Crippen LogP contribution in [-0.4, -0.2) is 27.8 Å². The van der Waals surface area contributed by atoms with Crippen molar-refractivity contribution in [1.82, 2.24) is 14.9 Å². The van der Waals surface area contributed by atoms with E-state index in [-0.39, 0.29) is 30.2 Å². The van der Waals surface area contributed by atoms with Crippen LogP contribution in [0.1, 0.15) is 28.8 Å². The second kappa shape index (κ2) is 7.82.